The van der Waals surface area contributed by atoms with Crippen LogP contribution in [0.25, 0.3) is 10.9 Å². The van der Waals surface area contributed by atoms with Gasteiger partial charge in [0.1, 0.15) is 5.56 Å². The van der Waals surface area contributed by atoms with Crippen LogP contribution in [0.2, 0.25) is 0 Å². The van der Waals surface area contributed by atoms with E-state index >= 15 is 0 Å². The molecular formula is C35H33F2N7O4. The quantitative estimate of drug-likeness (QED) is 0.145. The first kappa shape index (κ1) is 33.5. The summed E-state index contributed by atoms with van der Waals surface area (Å²) in [6.07, 6.45) is 2.41. The highest BCUT2D eigenvalue weighted by atomic mass is 19.2. The predicted molar refractivity (Wildman–Crippen MR) is 177 cm³/mol. The van der Waals surface area contributed by atoms with E-state index < -0.39 is 23.1 Å². The molecule has 0 aliphatic heterocycles. The lowest BCUT2D eigenvalue weighted by atomic mass is 10.1. The van der Waals surface area contributed by atoms with Crippen LogP contribution in [0.4, 0.5) is 20.4 Å². The zero-order chi connectivity index (χ0) is 34.2. The van der Waals surface area contributed by atoms with E-state index in [1.807, 2.05) is 12.1 Å². The SMILES string of the molecule is COCCCNC(=O)c1ccc(Nc2ncc3cc(C#CCNC(=O)c4c(C)n(C)n(Cc5ccc(F)c(F)c5)c4=O)ccc3n2)cc1. The minimum Gasteiger partial charge on any atom is -0.385 e. The van der Waals surface area contributed by atoms with E-state index in [0.717, 1.165) is 29.6 Å². The van der Waals surface area contributed by atoms with Crippen molar-refractivity contribution in [1.29, 1.82) is 0 Å². The van der Waals surface area contributed by atoms with Crippen LogP contribution < -0.4 is 21.5 Å². The molecule has 0 aliphatic rings. The highest BCUT2D eigenvalue weighted by molar-refractivity contribution is 5.95. The highest BCUT2D eigenvalue weighted by Gasteiger charge is 2.21. The van der Waals surface area contributed by atoms with Gasteiger partial charge in [0.2, 0.25) is 5.95 Å². The standard InChI is InChI=1S/C35H33F2N7O4/c1-22-31(34(47)44(43(22)2)21-24-7-13-28(36)29(37)19-24)33(46)39-15-4-6-23-8-14-30-26(18-23)20-40-35(42-30)41-27-11-9-25(10-12-27)32(45)38-16-5-17-48-3/h7-14,18-20H,5,15-17,21H2,1-3H3,(H,38,45)(H,39,46)(H,40,41,42). The number of methoxy groups -OCH3 is 1. The Balaban J connectivity index is 1.18. The summed E-state index contributed by atoms with van der Waals surface area (Å²) in [6.45, 7) is 2.70. The number of nitrogens with zero attached hydrogens (tertiary/aromatic N) is 4. The Kier molecular flexibility index (Phi) is 10.6. The number of carbonyl (C=O) groups is 2. The average Bonchev–Trinajstić information content (AvgIpc) is 3.29. The molecule has 0 spiro atoms. The Morgan fingerprint density at radius 3 is 2.52 bits per heavy atom. The Hall–Kier alpha value is -5.87. The number of anilines is 2. The molecular weight excluding hydrogens is 620 g/mol. The van der Waals surface area contributed by atoms with Gasteiger partial charge in [-0.05, 0) is 73.5 Å². The third-order valence-corrected chi connectivity index (χ3v) is 7.56. The van der Waals surface area contributed by atoms with Crippen LogP contribution in [-0.4, -0.2) is 58.0 Å². The molecule has 3 aromatic carbocycles. The first-order valence-electron chi connectivity index (χ1n) is 15.0. The van der Waals surface area contributed by atoms with Crippen molar-refractivity contribution in [2.45, 2.75) is 19.9 Å². The van der Waals surface area contributed by atoms with Crippen LogP contribution in [-0.2, 0) is 18.3 Å². The fourth-order valence-corrected chi connectivity index (χ4v) is 4.90. The normalized spacial score (nSPS) is 10.8. The summed E-state index contributed by atoms with van der Waals surface area (Å²) in [5, 5.41) is 9.40. The fourth-order valence-electron chi connectivity index (χ4n) is 4.90. The number of hydrogen-bond acceptors (Lipinski definition) is 7. The molecule has 0 unspecified atom stereocenters. The molecule has 3 N–H and O–H groups in total. The van der Waals surface area contributed by atoms with Crippen molar-refractivity contribution in [3.63, 3.8) is 0 Å². The van der Waals surface area contributed by atoms with E-state index in [0.29, 0.717) is 47.0 Å². The smallest absolute Gasteiger partial charge is 0.280 e. The molecule has 5 aromatic rings. The van der Waals surface area contributed by atoms with Gasteiger partial charge in [-0.3, -0.25) is 19.1 Å². The summed E-state index contributed by atoms with van der Waals surface area (Å²) in [7, 11) is 3.23. The summed E-state index contributed by atoms with van der Waals surface area (Å²) in [4.78, 5) is 47.1. The van der Waals surface area contributed by atoms with Crippen LogP contribution in [0.5, 0.6) is 0 Å². The highest BCUT2D eigenvalue weighted by Crippen LogP contribution is 2.18. The van der Waals surface area contributed by atoms with Gasteiger partial charge in [-0.25, -0.2) is 23.4 Å². The van der Waals surface area contributed by atoms with E-state index in [-0.39, 0.29) is 24.6 Å². The van der Waals surface area contributed by atoms with E-state index in [2.05, 4.69) is 37.8 Å². The molecule has 0 radical (unpaired) electrons. The van der Waals surface area contributed by atoms with Gasteiger partial charge in [0.05, 0.1) is 18.6 Å². The maximum atomic E-state index is 13.7. The number of amides is 2. The lowest BCUT2D eigenvalue weighted by molar-refractivity contribution is 0.0943. The number of hydrogen-bond donors (Lipinski definition) is 3. The van der Waals surface area contributed by atoms with Gasteiger partial charge in [0.25, 0.3) is 17.4 Å². The summed E-state index contributed by atoms with van der Waals surface area (Å²) < 4.78 is 34.7. The number of benzene rings is 3. The zero-order valence-corrected chi connectivity index (χ0v) is 26.6. The van der Waals surface area contributed by atoms with Crippen molar-refractivity contribution in [2.24, 2.45) is 7.05 Å². The summed E-state index contributed by atoms with van der Waals surface area (Å²) in [5.74, 6) is 3.53. The molecule has 246 valence electrons. The van der Waals surface area contributed by atoms with Crippen LogP contribution >= 0.6 is 0 Å². The van der Waals surface area contributed by atoms with Gasteiger partial charge in [0, 0.05) is 61.4 Å². The molecule has 2 heterocycles. The Labute approximate surface area is 274 Å². The summed E-state index contributed by atoms with van der Waals surface area (Å²) >= 11 is 0. The van der Waals surface area contributed by atoms with Crippen LogP contribution in [0.15, 0.2) is 71.7 Å². The van der Waals surface area contributed by atoms with E-state index in [4.69, 9.17) is 4.74 Å². The molecule has 0 saturated carbocycles. The van der Waals surface area contributed by atoms with Crippen molar-refractivity contribution in [3.05, 3.63) is 117 Å². The molecule has 11 nitrogen and oxygen atoms in total. The first-order valence-corrected chi connectivity index (χ1v) is 15.0. The van der Waals surface area contributed by atoms with Gasteiger partial charge in [0.15, 0.2) is 11.6 Å². The maximum absolute atomic E-state index is 13.7. The molecule has 5 rings (SSSR count). The number of nitrogens with one attached hydrogen (secondary N) is 3. The van der Waals surface area contributed by atoms with Crippen LogP contribution in [0, 0.1) is 30.4 Å². The minimum atomic E-state index is -1.01. The number of fused-ring (bicyclic) bond motifs is 1. The molecule has 48 heavy (non-hydrogen) atoms. The van der Waals surface area contributed by atoms with Gasteiger partial charge in [-0.15, -0.1) is 0 Å². The zero-order valence-electron chi connectivity index (χ0n) is 26.6. The van der Waals surface area contributed by atoms with Crippen molar-refractivity contribution < 1.29 is 23.1 Å². The van der Waals surface area contributed by atoms with Gasteiger partial charge >= 0.3 is 0 Å². The van der Waals surface area contributed by atoms with Crippen LogP contribution in [0.3, 0.4) is 0 Å². The molecule has 0 aliphatic carbocycles. The third kappa shape index (κ3) is 7.91. The van der Waals surface area contributed by atoms with Gasteiger partial charge < -0.3 is 20.7 Å². The summed E-state index contributed by atoms with van der Waals surface area (Å²) in [6, 6.07) is 15.8. The molecule has 0 bridgehead atoms. The number of aromatic nitrogens is 4. The largest absolute Gasteiger partial charge is 0.385 e. The van der Waals surface area contributed by atoms with Crippen molar-refractivity contribution in [3.8, 4) is 11.8 Å². The Morgan fingerprint density at radius 1 is 0.979 bits per heavy atom. The van der Waals surface area contributed by atoms with Gasteiger partial charge in [-0.2, -0.15) is 0 Å². The lowest BCUT2D eigenvalue weighted by Crippen LogP contribution is -2.31. The Bertz CT molecular complexity index is 2100. The first-order chi connectivity index (χ1) is 23.1. The molecule has 0 fully saturated rings. The average molecular weight is 654 g/mol. The molecule has 0 atom stereocenters. The Morgan fingerprint density at radius 2 is 1.77 bits per heavy atom. The second-order valence-electron chi connectivity index (χ2n) is 10.9. The van der Waals surface area contributed by atoms with Crippen molar-refractivity contribution in [2.75, 3.05) is 32.1 Å². The fraction of sp³-hybridized carbons (Fsp3) is 0.229. The molecule has 13 heteroatoms. The van der Waals surface area contributed by atoms with E-state index in [9.17, 15) is 23.2 Å². The molecule has 2 aromatic heterocycles. The monoisotopic (exact) mass is 653 g/mol. The number of rotatable bonds is 11. The number of carbonyl (C=O) groups excluding carboxylic acids is 2. The number of halogens is 2. The minimum absolute atomic E-state index is 0.0125. The lowest BCUT2D eigenvalue weighted by Gasteiger charge is -2.08. The van der Waals surface area contributed by atoms with Crippen molar-refractivity contribution in [1.82, 2.24) is 30.0 Å². The predicted octanol–water partition coefficient (Wildman–Crippen LogP) is 4.06. The van der Waals surface area contributed by atoms with Crippen LogP contribution in [0.1, 0.15) is 44.0 Å². The van der Waals surface area contributed by atoms with Crippen molar-refractivity contribution >= 4 is 34.4 Å². The van der Waals surface area contributed by atoms with E-state index in [1.165, 1.54) is 15.4 Å². The van der Waals surface area contributed by atoms with E-state index in [1.54, 1.807) is 57.6 Å². The second kappa shape index (κ2) is 15.1. The molecule has 2 amide bonds. The molecule has 0 saturated heterocycles. The topological polar surface area (TPSA) is 132 Å². The number of ether oxygens (including phenoxy) is 1. The second-order valence-corrected chi connectivity index (χ2v) is 10.9. The third-order valence-electron chi connectivity index (χ3n) is 7.56. The summed E-state index contributed by atoms with van der Waals surface area (Å²) in [5.41, 5.74) is 2.84. The maximum Gasteiger partial charge on any atom is 0.280 e. The van der Waals surface area contributed by atoms with Gasteiger partial charge in [-0.1, -0.05) is 17.9 Å².